The number of nitrogens with one attached hydrogen (secondary N) is 3. The second kappa shape index (κ2) is 5.43. The van der Waals surface area contributed by atoms with Gasteiger partial charge in [-0.1, -0.05) is 13.8 Å². The fourth-order valence-electron chi connectivity index (χ4n) is 1.07. The van der Waals surface area contributed by atoms with E-state index in [0.29, 0.717) is 0 Å². The van der Waals surface area contributed by atoms with Crippen molar-refractivity contribution in [2.24, 2.45) is 11.7 Å². The number of amidine groups is 1. The van der Waals surface area contributed by atoms with E-state index in [-0.39, 0.29) is 17.8 Å². The predicted octanol–water partition coefficient (Wildman–Crippen LogP) is -0.221. The van der Waals surface area contributed by atoms with Crippen molar-refractivity contribution in [2.45, 2.75) is 39.8 Å². The maximum atomic E-state index is 11.5. The summed E-state index contributed by atoms with van der Waals surface area (Å²) in [6.07, 6.45) is 0. The van der Waals surface area contributed by atoms with Crippen LogP contribution in [-0.2, 0) is 10.2 Å². The van der Waals surface area contributed by atoms with E-state index in [1.165, 1.54) is 0 Å². The zero-order valence-corrected chi connectivity index (χ0v) is 10.4. The molecule has 0 aliphatic rings. The van der Waals surface area contributed by atoms with E-state index in [0.717, 1.165) is 0 Å². The molecule has 0 aromatic heterocycles. The molecule has 0 saturated carbocycles. The standard InChI is InChI=1S/C8H20N4O2S/c1-5(2)7(8(9)10)12-15(13,14)11-6(3)4/h5-7,11-12H,1-4H3,(H3,9,10). The Balaban J connectivity index is 4.61. The molecule has 0 rings (SSSR count). The minimum atomic E-state index is -3.59. The van der Waals surface area contributed by atoms with Gasteiger partial charge in [0.2, 0.25) is 0 Å². The molecule has 6 nitrogen and oxygen atoms in total. The Labute approximate surface area is 91.3 Å². The van der Waals surface area contributed by atoms with Crippen LogP contribution in [0.2, 0.25) is 0 Å². The quantitative estimate of drug-likeness (QED) is 0.378. The molecule has 0 aliphatic carbocycles. The van der Waals surface area contributed by atoms with Crippen molar-refractivity contribution in [3.8, 4) is 0 Å². The summed E-state index contributed by atoms with van der Waals surface area (Å²) in [4.78, 5) is 0. The molecule has 0 aromatic carbocycles. The molecule has 0 aromatic rings. The lowest BCUT2D eigenvalue weighted by atomic mass is 10.1. The molecule has 90 valence electrons. The van der Waals surface area contributed by atoms with Gasteiger partial charge in [-0.25, -0.2) is 0 Å². The van der Waals surface area contributed by atoms with Gasteiger partial charge >= 0.3 is 0 Å². The van der Waals surface area contributed by atoms with Crippen LogP contribution in [0.25, 0.3) is 0 Å². The first-order chi connectivity index (χ1) is 6.65. The van der Waals surface area contributed by atoms with E-state index in [2.05, 4.69) is 9.44 Å². The van der Waals surface area contributed by atoms with E-state index in [1.54, 1.807) is 27.7 Å². The van der Waals surface area contributed by atoms with Crippen molar-refractivity contribution < 1.29 is 8.42 Å². The number of nitrogens with two attached hydrogens (primary N) is 1. The van der Waals surface area contributed by atoms with Gasteiger partial charge in [0.25, 0.3) is 10.2 Å². The van der Waals surface area contributed by atoms with Crippen LogP contribution in [0.1, 0.15) is 27.7 Å². The number of hydrogen-bond donors (Lipinski definition) is 4. The number of hydrogen-bond acceptors (Lipinski definition) is 3. The van der Waals surface area contributed by atoms with Crippen LogP contribution in [0.3, 0.4) is 0 Å². The lowest BCUT2D eigenvalue weighted by Gasteiger charge is -2.21. The molecule has 0 fully saturated rings. The summed E-state index contributed by atoms with van der Waals surface area (Å²) >= 11 is 0. The highest BCUT2D eigenvalue weighted by atomic mass is 32.2. The molecule has 5 N–H and O–H groups in total. The average molecular weight is 236 g/mol. The van der Waals surface area contributed by atoms with Crippen molar-refractivity contribution in [1.29, 1.82) is 5.41 Å². The van der Waals surface area contributed by atoms with E-state index in [9.17, 15) is 8.42 Å². The minimum Gasteiger partial charge on any atom is -0.386 e. The Hall–Kier alpha value is -0.660. The van der Waals surface area contributed by atoms with Crippen LogP contribution in [-0.4, -0.2) is 26.3 Å². The fraction of sp³-hybridized carbons (Fsp3) is 0.875. The monoisotopic (exact) mass is 236 g/mol. The fourth-order valence-corrected chi connectivity index (χ4v) is 2.49. The molecule has 0 aliphatic heterocycles. The first kappa shape index (κ1) is 14.3. The number of rotatable bonds is 6. The Morgan fingerprint density at radius 2 is 1.67 bits per heavy atom. The maximum absolute atomic E-state index is 11.5. The van der Waals surface area contributed by atoms with Crippen LogP contribution in [0.5, 0.6) is 0 Å². The Morgan fingerprint density at radius 3 is 1.93 bits per heavy atom. The molecule has 0 spiro atoms. The largest absolute Gasteiger partial charge is 0.386 e. The first-order valence-corrected chi connectivity index (χ1v) is 6.27. The third-order valence-corrected chi connectivity index (χ3v) is 3.02. The highest BCUT2D eigenvalue weighted by Gasteiger charge is 2.23. The highest BCUT2D eigenvalue weighted by Crippen LogP contribution is 2.02. The molecular weight excluding hydrogens is 216 g/mol. The Kier molecular flexibility index (Phi) is 5.19. The van der Waals surface area contributed by atoms with Crippen molar-refractivity contribution in [3.05, 3.63) is 0 Å². The average Bonchev–Trinajstić information content (AvgIpc) is 1.96. The molecule has 0 radical (unpaired) electrons. The van der Waals surface area contributed by atoms with E-state index in [4.69, 9.17) is 11.1 Å². The molecule has 1 unspecified atom stereocenters. The Bertz CT molecular complexity index is 311. The molecule has 0 heterocycles. The summed E-state index contributed by atoms with van der Waals surface area (Å²) in [6.45, 7) is 7.03. The third-order valence-electron chi connectivity index (χ3n) is 1.67. The van der Waals surface area contributed by atoms with Crippen LogP contribution in [0.4, 0.5) is 0 Å². The van der Waals surface area contributed by atoms with Gasteiger partial charge in [0.05, 0.1) is 6.04 Å². The van der Waals surface area contributed by atoms with Gasteiger partial charge in [0.1, 0.15) is 5.84 Å². The lowest BCUT2D eigenvalue weighted by Crippen LogP contribution is -2.52. The van der Waals surface area contributed by atoms with Gasteiger partial charge in [-0.2, -0.15) is 17.9 Å². The van der Waals surface area contributed by atoms with Gasteiger partial charge in [0.15, 0.2) is 0 Å². The van der Waals surface area contributed by atoms with Gasteiger partial charge in [-0.05, 0) is 19.8 Å². The Morgan fingerprint density at radius 1 is 1.20 bits per heavy atom. The lowest BCUT2D eigenvalue weighted by molar-refractivity contribution is 0.508. The molecule has 7 heteroatoms. The second-order valence-electron chi connectivity index (χ2n) is 4.07. The first-order valence-electron chi connectivity index (χ1n) is 4.79. The maximum Gasteiger partial charge on any atom is 0.277 e. The van der Waals surface area contributed by atoms with E-state index in [1.807, 2.05) is 0 Å². The van der Waals surface area contributed by atoms with E-state index >= 15 is 0 Å². The summed E-state index contributed by atoms with van der Waals surface area (Å²) in [5, 5.41) is 7.27. The normalized spacial score (nSPS) is 14.5. The summed E-state index contributed by atoms with van der Waals surface area (Å²) in [5.41, 5.74) is 5.30. The molecule has 0 amide bonds. The summed E-state index contributed by atoms with van der Waals surface area (Å²) in [7, 11) is -3.59. The molecule has 15 heavy (non-hydrogen) atoms. The second-order valence-corrected chi connectivity index (χ2v) is 5.55. The SMILES string of the molecule is CC(C)NS(=O)(=O)NC(C(=N)N)C(C)C. The van der Waals surface area contributed by atoms with Crippen molar-refractivity contribution in [2.75, 3.05) is 0 Å². The predicted molar refractivity (Wildman–Crippen MR) is 60.9 cm³/mol. The minimum absolute atomic E-state index is 0.0637. The molecule has 1 atom stereocenters. The molecule has 0 saturated heterocycles. The van der Waals surface area contributed by atoms with Crippen molar-refractivity contribution >= 4 is 16.0 Å². The zero-order valence-electron chi connectivity index (χ0n) is 9.53. The summed E-state index contributed by atoms with van der Waals surface area (Å²) in [5.74, 6) is -0.245. The third kappa shape index (κ3) is 5.71. The highest BCUT2D eigenvalue weighted by molar-refractivity contribution is 7.87. The van der Waals surface area contributed by atoms with Gasteiger partial charge in [-0.15, -0.1) is 0 Å². The molecular formula is C8H20N4O2S. The van der Waals surface area contributed by atoms with Crippen molar-refractivity contribution in [1.82, 2.24) is 9.44 Å². The van der Waals surface area contributed by atoms with Crippen LogP contribution >= 0.6 is 0 Å². The van der Waals surface area contributed by atoms with E-state index < -0.39 is 16.3 Å². The van der Waals surface area contributed by atoms with Crippen LogP contribution in [0.15, 0.2) is 0 Å². The van der Waals surface area contributed by atoms with Crippen LogP contribution in [0, 0.1) is 11.3 Å². The zero-order chi connectivity index (χ0) is 12.2. The smallest absolute Gasteiger partial charge is 0.277 e. The summed E-state index contributed by atoms with van der Waals surface area (Å²) in [6, 6.07) is -0.858. The van der Waals surface area contributed by atoms with Crippen LogP contribution < -0.4 is 15.2 Å². The molecule has 0 bridgehead atoms. The summed E-state index contributed by atoms with van der Waals surface area (Å²) < 4.78 is 27.7. The topological polar surface area (TPSA) is 108 Å². The van der Waals surface area contributed by atoms with Crippen molar-refractivity contribution in [3.63, 3.8) is 0 Å². The van der Waals surface area contributed by atoms with Gasteiger partial charge in [-0.3, -0.25) is 5.41 Å². The van der Waals surface area contributed by atoms with Gasteiger partial charge < -0.3 is 5.73 Å². The van der Waals surface area contributed by atoms with Gasteiger partial charge in [0, 0.05) is 6.04 Å².